The molecule has 3 aromatic rings. The van der Waals surface area contributed by atoms with Crippen LogP contribution in [0.1, 0.15) is 22.4 Å². The van der Waals surface area contributed by atoms with Crippen molar-refractivity contribution in [3.05, 3.63) is 77.1 Å². The molecule has 26 heavy (non-hydrogen) atoms. The fourth-order valence-corrected chi connectivity index (χ4v) is 2.68. The van der Waals surface area contributed by atoms with E-state index in [9.17, 15) is 4.79 Å². The Balaban J connectivity index is 1.53. The molecule has 1 heterocycles. The van der Waals surface area contributed by atoms with Crippen LogP contribution in [-0.2, 0) is 29.0 Å². The minimum absolute atomic E-state index is 0.224. The van der Waals surface area contributed by atoms with E-state index in [1.54, 1.807) is 4.68 Å². The molecule has 0 spiro atoms. The summed E-state index contributed by atoms with van der Waals surface area (Å²) in [4.78, 5) is 11.4. The second-order valence-corrected chi connectivity index (χ2v) is 6.15. The molecule has 0 bridgehead atoms. The van der Waals surface area contributed by atoms with Crippen LogP contribution in [0, 0.1) is 6.92 Å². The van der Waals surface area contributed by atoms with Crippen molar-refractivity contribution in [3.63, 3.8) is 0 Å². The lowest BCUT2D eigenvalue weighted by Gasteiger charge is -2.08. The van der Waals surface area contributed by atoms with E-state index in [1.807, 2.05) is 49.5 Å². The summed E-state index contributed by atoms with van der Waals surface area (Å²) in [7, 11) is 1.41. The molecule has 0 aliphatic heterocycles. The summed E-state index contributed by atoms with van der Waals surface area (Å²) in [5.74, 6) is -0.224. The first-order valence-corrected chi connectivity index (χ1v) is 8.47. The number of carbonyl (C=O) groups excluding carboxylic acids is 1. The first kappa shape index (κ1) is 17.8. The van der Waals surface area contributed by atoms with Crippen LogP contribution < -0.4 is 5.32 Å². The van der Waals surface area contributed by atoms with Crippen molar-refractivity contribution in [2.45, 2.75) is 26.4 Å². The largest absolute Gasteiger partial charge is 0.469 e. The second kappa shape index (κ2) is 8.40. The highest BCUT2D eigenvalue weighted by Gasteiger charge is 2.04. The van der Waals surface area contributed by atoms with Gasteiger partial charge < -0.3 is 10.1 Å². The molecule has 0 atom stereocenters. The highest BCUT2D eigenvalue weighted by Crippen LogP contribution is 2.10. The van der Waals surface area contributed by atoms with Gasteiger partial charge in [0.15, 0.2) is 0 Å². The molecule has 0 radical (unpaired) electrons. The van der Waals surface area contributed by atoms with Crippen LogP contribution in [0.3, 0.4) is 0 Å². The van der Waals surface area contributed by atoms with E-state index >= 15 is 0 Å². The number of aryl methyl sites for hydroxylation is 1. The molecule has 3 rings (SSSR count). The topological polar surface area (TPSA) is 69.0 Å². The van der Waals surface area contributed by atoms with Crippen LogP contribution in [-0.4, -0.2) is 28.1 Å². The normalized spacial score (nSPS) is 10.7. The van der Waals surface area contributed by atoms with Crippen LogP contribution in [0.15, 0.2) is 54.7 Å². The molecule has 2 aromatic carbocycles. The fourth-order valence-electron chi connectivity index (χ4n) is 2.68. The van der Waals surface area contributed by atoms with Crippen molar-refractivity contribution in [2.75, 3.05) is 7.11 Å². The van der Waals surface area contributed by atoms with Crippen LogP contribution in [0.5, 0.6) is 0 Å². The number of aromatic nitrogens is 3. The van der Waals surface area contributed by atoms with Crippen molar-refractivity contribution < 1.29 is 9.53 Å². The second-order valence-electron chi connectivity index (χ2n) is 6.15. The molecule has 0 amide bonds. The Morgan fingerprint density at radius 1 is 1.08 bits per heavy atom. The van der Waals surface area contributed by atoms with Crippen LogP contribution in [0.25, 0.3) is 5.69 Å². The summed E-state index contributed by atoms with van der Waals surface area (Å²) in [6, 6.07) is 16.2. The Bertz CT molecular complexity index is 872. The zero-order valence-corrected chi connectivity index (χ0v) is 15.0. The SMILES string of the molecule is COC(=O)Cc1cccc(CNCc2ccc(-n3cc(C)nn3)cc2)c1. The molecule has 6 heteroatoms. The molecule has 1 aromatic heterocycles. The minimum atomic E-state index is -0.224. The van der Waals surface area contributed by atoms with E-state index < -0.39 is 0 Å². The third-order valence-corrected chi connectivity index (χ3v) is 4.03. The van der Waals surface area contributed by atoms with Gasteiger partial charge in [-0.2, -0.15) is 0 Å². The molecule has 0 aliphatic rings. The molecule has 0 saturated carbocycles. The Morgan fingerprint density at radius 2 is 1.81 bits per heavy atom. The van der Waals surface area contributed by atoms with Crippen LogP contribution in [0.2, 0.25) is 0 Å². The number of benzene rings is 2. The van der Waals surface area contributed by atoms with Crippen molar-refractivity contribution in [2.24, 2.45) is 0 Å². The quantitative estimate of drug-likeness (QED) is 0.663. The van der Waals surface area contributed by atoms with Gasteiger partial charge in [-0.1, -0.05) is 41.6 Å². The van der Waals surface area contributed by atoms with Gasteiger partial charge in [0.1, 0.15) is 0 Å². The number of nitrogens with zero attached hydrogens (tertiary/aromatic N) is 3. The summed E-state index contributed by atoms with van der Waals surface area (Å²) >= 11 is 0. The summed E-state index contributed by atoms with van der Waals surface area (Å²) < 4.78 is 6.47. The number of methoxy groups -OCH3 is 1. The van der Waals surface area contributed by atoms with Crippen molar-refractivity contribution in [3.8, 4) is 5.69 Å². The van der Waals surface area contributed by atoms with E-state index in [1.165, 1.54) is 12.7 Å². The number of nitrogens with one attached hydrogen (secondary N) is 1. The van der Waals surface area contributed by atoms with E-state index in [-0.39, 0.29) is 5.97 Å². The maximum Gasteiger partial charge on any atom is 0.309 e. The van der Waals surface area contributed by atoms with Gasteiger partial charge in [0.2, 0.25) is 0 Å². The lowest BCUT2D eigenvalue weighted by molar-refractivity contribution is -0.139. The predicted molar refractivity (Wildman–Crippen MR) is 98.8 cm³/mol. The molecule has 1 N–H and O–H groups in total. The third kappa shape index (κ3) is 4.77. The van der Waals surface area contributed by atoms with Gasteiger partial charge in [-0.3, -0.25) is 4.79 Å². The number of esters is 1. The van der Waals surface area contributed by atoms with Gasteiger partial charge in [-0.25, -0.2) is 4.68 Å². The number of hydrogen-bond acceptors (Lipinski definition) is 5. The van der Waals surface area contributed by atoms with Gasteiger partial charge in [0, 0.05) is 13.1 Å². The Labute approximate surface area is 152 Å². The van der Waals surface area contributed by atoms with E-state index in [0.29, 0.717) is 6.42 Å². The Morgan fingerprint density at radius 3 is 2.50 bits per heavy atom. The monoisotopic (exact) mass is 350 g/mol. The highest BCUT2D eigenvalue weighted by atomic mass is 16.5. The van der Waals surface area contributed by atoms with Gasteiger partial charge in [-0.15, -0.1) is 5.10 Å². The Kier molecular flexibility index (Phi) is 5.76. The van der Waals surface area contributed by atoms with E-state index in [2.05, 4.69) is 27.8 Å². The lowest BCUT2D eigenvalue weighted by atomic mass is 10.1. The molecular formula is C20H22N4O2. The summed E-state index contributed by atoms with van der Waals surface area (Å²) in [5.41, 5.74) is 5.18. The van der Waals surface area contributed by atoms with Crippen molar-refractivity contribution in [1.82, 2.24) is 20.3 Å². The molecule has 6 nitrogen and oxygen atoms in total. The molecule has 0 fully saturated rings. The predicted octanol–water partition coefficient (Wildman–Crippen LogP) is 2.58. The number of rotatable bonds is 7. The molecule has 0 aliphatic carbocycles. The van der Waals surface area contributed by atoms with Crippen LogP contribution >= 0.6 is 0 Å². The Hall–Kier alpha value is -2.99. The standard InChI is InChI=1S/C20H22N4O2/c1-15-14-24(23-22-15)19-8-6-16(7-9-19)12-21-13-18-5-3-4-17(10-18)11-20(25)26-2/h3-10,14,21H,11-13H2,1-2H3. The maximum atomic E-state index is 11.4. The zero-order valence-electron chi connectivity index (χ0n) is 15.0. The van der Waals surface area contributed by atoms with E-state index in [0.717, 1.165) is 35.6 Å². The van der Waals surface area contributed by atoms with Crippen molar-refractivity contribution >= 4 is 5.97 Å². The van der Waals surface area contributed by atoms with Crippen LogP contribution in [0.4, 0.5) is 0 Å². The number of carbonyl (C=O) groups is 1. The summed E-state index contributed by atoms with van der Waals surface area (Å²) in [5, 5.41) is 11.5. The average molecular weight is 350 g/mol. The van der Waals surface area contributed by atoms with Gasteiger partial charge in [0.25, 0.3) is 0 Å². The smallest absolute Gasteiger partial charge is 0.309 e. The summed E-state index contributed by atoms with van der Waals surface area (Å²) in [6.45, 7) is 3.42. The zero-order chi connectivity index (χ0) is 18.4. The fraction of sp³-hybridized carbons (Fsp3) is 0.250. The van der Waals surface area contributed by atoms with E-state index in [4.69, 9.17) is 4.74 Å². The minimum Gasteiger partial charge on any atom is -0.469 e. The van der Waals surface area contributed by atoms with Gasteiger partial charge >= 0.3 is 5.97 Å². The van der Waals surface area contributed by atoms with Gasteiger partial charge in [-0.05, 0) is 35.7 Å². The lowest BCUT2D eigenvalue weighted by Crippen LogP contribution is -2.13. The third-order valence-electron chi connectivity index (χ3n) is 4.03. The van der Waals surface area contributed by atoms with Crippen molar-refractivity contribution in [1.29, 1.82) is 0 Å². The molecular weight excluding hydrogens is 328 g/mol. The maximum absolute atomic E-state index is 11.4. The molecule has 134 valence electrons. The average Bonchev–Trinajstić information content (AvgIpc) is 3.09. The molecule has 0 unspecified atom stereocenters. The molecule has 0 saturated heterocycles. The first-order chi connectivity index (χ1) is 12.6. The first-order valence-electron chi connectivity index (χ1n) is 8.47. The summed E-state index contributed by atoms with van der Waals surface area (Å²) in [6.07, 6.45) is 2.20. The number of ether oxygens (including phenoxy) is 1. The van der Waals surface area contributed by atoms with Gasteiger partial charge in [0.05, 0.1) is 31.1 Å². The highest BCUT2D eigenvalue weighted by molar-refractivity contribution is 5.72. The number of hydrogen-bond donors (Lipinski definition) is 1.